The van der Waals surface area contributed by atoms with E-state index >= 15 is 0 Å². The second kappa shape index (κ2) is 3.45. The maximum absolute atomic E-state index is 11.7. The molecule has 2 bridgehead atoms. The Balaban J connectivity index is 2.05. The second-order valence-corrected chi connectivity index (χ2v) is 5.24. The highest BCUT2D eigenvalue weighted by Crippen LogP contribution is 2.52. The van der Waals surface area contributed by atoms with E-state index < -0.39 is 0 Å². The van der Waals surface area contributed by atoms with Gasteiger partial charge in [-0.15, -0.1) is 0 Å². The van der Waals surface area contributed by atoms with Gasteiger partial charge in [-0.25, -0.2) is 0 Å². The van der Waals surface area contributed by atoms with E-state index in [1.165, 1.54) is 21.7 Å². The van der Waals surface area contributed by atoms with Crippen LogP contribution < -0.4 is 0 Å². The van der Waals surface area contributed by atoms with E-state index in [1.54, 1.807) is 0 Å². The molecule has 0 saturated carbocycles. The van der Waals surface area contributed by atoms with Gasteiger partial charge in [0.1, 0.15) is 0 Å². The van der Waals surface area contributed by atoms with Gasteiger partial charge < -0.3 is 4.90 Å². The Morgan fingerprint density at radius 1 is 1.56 bits per heavy atom. The minimum Gasteiger partial charge on any atom is -0.331 e. The molecule has 2 nitrogen and oxygen atoms in total. The van der Waals surface area contributed by atoms with Crippen LogP contribution in [0, 0.1) is 0 Å². The monoisotopic (exact) mass is 277 g/mol. The van der Waals surface area contributed by atoms with E-state index in [1.807, 2.05) is 11.0 Å². The fourth-order valence-electron chi connectivity index (χ4n) is 2.98. The number of likely N-dealkylation sites (tertiary alicyclic amines) is 1. The average molecular weight is 278 g/mol. The highest BCUT2D eigenvalue weighted by Gasteiger charge is 2.44. The van der Waals surface area contributed by atoms with Crippen LogP contribution in [0.25, 0.3) is 0 Å². The number of carbonyl (C=O) groups excluding carboxylic acids is 1. The molecular weight excluding hydrogens is 266 g/mol. The summed E-state index contributed by atoms with van der Waals surface area (Å²) in [6.07, 6.45) is 2.48. The smallest absolute Gasteiger partial charge is 0.246 e. The largest absolute Gasteiger partial charge is 0.331 e. The van der Waals surface area contributed by atoms with Crippen LogP contribution in [0.2, 0.25) is 0 Å². The molecule has 1 aliphatic carbocycles. The summed E-state index contributed by atoms with van der Waals surface area (Å²) >= 11 is 3.60. The molecule has 0 radical (unpaired) electrons. The molecule has 1 heterocycles. The molecule has 3 rings (SSSR count). The van der Waals surface area contributed by atoms with Crippen molar-refractivity contribution in [1.82, 2.24) is 4.90 Å². The highest BCUT2D eigenvalue weighted by molar-refractivity contribution is 9.10. The lowest BCUT2D eigenvalue weighted by Crippen LogP contribution is -2.32. The van der Waals surface area contributed by atoms with Crippen LogP contribution in [-0.2, 0) is 4.79 Å². The van der Waals surface area contributed by atoms with E-state index in [9.17, 15) is 4.79 Å². The van der Waals surface area contributed by atoms with Crippen molar-refractivity contribution in [1.29, 1.82) is 0 Å². The third-order valence-electron chi connectivity index (χ3n) is 3.61. The molecule has 1 aromatic rings. The van der Waals surface area contributed by atoms with Gasteiger partial charge in [-0.05, 0) is 29.7 Å². The first-order chi connectivity index (χ1) is 7.72. The number of rotatable bonds is 1. The Morgan fingerprint density at radius 3 is 3.12 bits per heavy atom. The number of hydrogen-bond acceptors (Lipinski definition) is 1. The summed E-state index contributed by atoms with van der Waals surface area (Å²) in [6.45, 7) is 4.40. The van der Waals surface area contributed by atoms with Gasteiger partial charge in [0.15, 0.2) is 0 Å². The number of halogens is 1. The zero-order chi connectivity index (χ0) is 11.3. The predicted molar refractivity (Wildman–Crippen MR) is 66.2 cm³/mol. The number of benzene rings is 1. The van der Waals surface area contributed by atoms with Crippen molar-refractivity contribution in [3.63, 3.8) is 0 Å². The molecule has 1 fully saturated rings. The molecule has 1 amide bonds. The summed E-state index contributed by atoms with van der Waals surface area (Å²) in [5.41, 5.74) is 2.71. The number of amides is 1. The predicted octanol–water partition coefficient (Wildman–Crippen LogP) is 3.01. The van der Waals surface area contributed by atoms with Gasteiger partial charge >= 0.3 is 0 Å². The molecule has 0 N–H and O–H groups in total. The standard InChI is InChI=1S/C13H12BrNO/c1-2-12(16)15-7-8-6-11(15)9-4-3-5-10(14)13(8)9/h2-5,8,11H,1,6-7H2. The molecule has 1 saturated heterocycles. The van der Waals surface area contributed by atoms with E-state index in [2.05, 4.69) is 34.6 Å². The molecule has 0 aromatic heterocycles. The topological polar surface area (TPSA) is 20.3 Å². The molecule has 16 heavy (non-hydrogen) atoms. The molecule has 82 valence electrons. The minimum absolute atomic E-state index is 0.0538. The van der Waals surface area contributed by atoms with Crippen molar-refractivity contribution >= 4 is 21.8 Å². The first-order valence-corrected chi connectivity index (χ1v) is 6.23. The van der Waals surface area contributed by atoms with E-state index in [0.717, 1.165) is 13.0 Å². The molecule has 0 spiro atoms. The number of nitrogens with zero attached hydrogens (tertiary/aromatic N) is 1. The van der Waals surface area contributed by atoms with Gasteiger partial charge in [-0.3, -0.25) is 4.79 Å². The van der Waals surface area contributed by atoms with Crippen LogP contribution in [0.4, 0.5) is 0 Å². The van der Waals surface area contributed by atoms with Crippen molar-refractivity contribution < 1.29 is 4.79 Å². The fourth-order valence-corrected chi connectivity index (χ4v) is 3.68. The lowest BCUT2D eigenvalue weighted by molar-refractivity contribution is -0.127. The van der Waals surface area contributed by atoms with Crippen molar-refractivity contribution in [3.05, 3.63) is 46.5 Å². The van der Waals surface area contributed by atoms with Crippen molar-refractivity contribution in [3.8, 4) is 0 Å². The first-order valence-electron chi connectivity index (χ1n) is 5.43. The zero-order valence-electron chi connectivity index (χ0n) is 8.82. The van der Waals surface area contributed by atoms with Crippen LogP contribution in [0.15, 0.2) is 35.3 Å². The number of hydrogen-bond donors (Lipinski definition) is 0. The third-order valence-corrected chi connectivity index (χ3v) is 4.30. The maximum Gasteiger partial charge on any atom is 0.246 e. The van der Waals surface area contributed by atoms with Gasteiger partial charge in [0, 0.05) is 16.9 Å². The number of carbonyl (C=O) groups is 1. The zero-order valence-corrected chi connectivity index (χ0v) is 10.4. The summed E-state index contributed by atoms with van der Waals surface area (Å²) in [5.74, 6) is 0.553. The molecule has 2 aliphatic rings. The fraction of sp³-hybridized carbons (Fsp3) is 0.308. The van der Waals surface area contributed by atoms with Gasteiger partial charge in [0.05, 0.1) is 6.04 Å². The normalized spacial score (nSPS) is 25.7. The van der Waals surface area contributed by atoms with Gasteiger partial charge in [0.2, 0.25) is 5.91 Å². The van der Waals surface area contributed by atoms with Crippen LogP contribution >= 0.6 is 15.9 Å². The quantitative estimate of drug-likeness (QED) is 0.723. The Morgan fingerprint density at radius 2 is 2.38 bits per heavy atom. The van der Waals surface area contributed by atoms with E-state index in [0.29, 0.717) is 5.92 Å². The Kier molecular flexibility index (Phi) is 2.18. The average Bonchev–Trinajstić information content (AvgIpc) is 2.86. The SMILES string of the molecule is C=CC(=O)N1CC2CC1c1cccc(Br)c12. The van der Waals surface area contributed by atoms with Crippen molar-refractivity contribution in [2.45, 2.75) is 18.4 Å². The Labute approximate surface area is 103 Å². The van der Waals surface area contributed by atoms with Gasteiger partial charge in [-0.2, -0.15) is 0 Å². The summed E-state index contributed by atoms with van der Waals surface area (Å²) in [5, 5.41) is 0. The van der Waals surface area contributed by atoms with Crippen molar-refractivity contribution in [2.75, 3.05) is 6.54 Å². The third kappa shape index (κ3) is 1.21. The first kappa shape index (κ1) is 10.1. The van der Waals surface area contributed by atoms with Gasteiger partial charge in [0.25, 0.3) is 0 Å². The second-order valence-electron chi connectivity index (χ2n) is 4.39. The Bertz CT molecular complexity index is 483. The van der Waals surface area contributed by atoms with Crippen LogP contribution in [0.5, 0.6) is 0 Å². The minimum atomic E-state index is 0.0538. The molecule has 1 aromatic carbocycles. The van der Waals surface area contributed by atoms with Crippen LogP contribution in [-0.4, -0.2) is 17.4 Å². The molecule has 1 aliphatic heterocycles. The lowest BCUT2D eigenvalue weighted by Gasteiger charge is -2.28. The molecular formula is C13H12BrNO. The molecule has 2 atom stereocenters. The maximum atomic E-state index is 11.7. The van der Waals surface area contributed by atoms with Crippen molar-refractivity contribution in [2.24, 2.45) is 0 Å². The Hall–Kier alpha value is -1.09. The molecule has 2 unspecified atom stereocenters. The van der Waals surface area contributed by atoms with Crippen LogP contribution in [0.3, 0.4) is 0 Å². The summed E-state index contributed by atoms with van der Waals surface area (Å²) in [7, 11) is 0. The summed E-state index contributed by atoms with van der Waals surface area (Å²) < 4.78 is 1.18. The molecule has 3 heteroatoms. The number of fused-ring (bicyclic) bond motifs is 5. The highest BCUT2D eigenvalue weighted by atomic mass is 79.9. The van der Waals surface area contributed by atoms with E-state index in [-0.39, 0.29) is 11.9 Å². The summed E-state index contributed by atoms with van der Waals surface area (Å²) in [6, 6.07) is 6.52. The van der Waals surface area contributed by atoms with E-state index in [4.69, 9.17) is 0 Å². The van der Waals surface area contributed by atoms with Crippen LogP contribution in [0.1, 0.15) is 29.5 Å². The lowest BCUT2D eigenvalue weighted by atomic mass is 9.99. The summed E-state index contributed by atoms with van der Waals surface area (Å²) in [4.78, 5) is 13.6. The van der Waals surface area contributed by atoms with Gasteiger partial charge in [-0.1, -0.05) is 34.6 Å².